The zero-order chi connectivity index (χ0) is 10.0. The van der Waals surface area contributed by atoms with Gasteiger partial charge in [-0.2, -0.15) is 0 Å². The van der Waals surface area contributed by atoms with Crippen molar-refractivity contribution in [3.63, 3.8) is 0 Å². The molecular formula is C11H20O2. The minimum Gasteiger partial charge on any atom is -0.481 e. The van der Waals surface area contributed by atoms with Crippen LogP contribution in [0.3, 0.4) is 0 Å². The summed E-state index contributed by atoms with van der Waals surface area (Å²) in [6, 6.07) is 0. The van der Waals surface area contributed by atoms with E-state index < -0.39 is 5.97 Å². The number of hydrogen-bond donors (Lipinski definition) is 1. The Bertz CT molecular complexity index is 189. The van der Waals surface area contributed by atoms with Crippen LogP contribution in [0.5, 0.6) is 0 Å². The lowest BCUT2D eigenvalue weighted by Gasteiger charge is -2.37. The smallest absolute Gasteiger partial charge is 0.303 e. The molecule has 1 aliphatic carbocycles. The third kappa shape index (κ3) is 2.45. The van der Waals surface area contributed by atoms with Gasteiger partial charge in [0.25, 0.3) is 0 Å². The number of carbonyl (C=O) groups is 1. The van der Waals surface area contributed by atoms with Crippen molar-refractivity contribution in [2.24, 2.45) is 23.7 Å². The largest absolute Gasteiger partial charge is 0.481 e. The van der Waals surface area contributed by atoms with Crippen LogP contribution in [0.25, 0.3) is 0 Å². The zero-order valence-corrected chi connectivity index (χ0v) is 8.79. The summed E-state index contributed by atoms with van der Waals surface area (Å²) in [5.41, 5.74) is 0. The molecule has 1 N–H and O–H groups in total. The zero-order valence-electron chi connectivity index (χ0n) is 8.79. The number of aliphatic carboxylic acids is 1. The summed E-state index contributed by atoms with van der Waals surface area (Å²) in [6.45, 7) is 6.73. The molecule has 4 atom stereocenters. The first-order valence-electron chi connectivity index (χ1n) is 5.24. The van der Waals surface area contributed by atoms with Crippen molar-refractivity contribution in [3.8, 4) is 0 Å². The monoisotopic (exact) mass is 184 g/mol. The van der Waals surface area contributed by atoms with Gasteiger partial charge in [0.05, 0.1) is 0 Å². The Balaban J connectivity index is 2.53. The van der Waals surface area contributed by atoms with Gasteiger partial charge in [-0.3, -0.25) is 4.79 Å². The van der Waals surface area contributed by atoms with E-state index in [1.165, 1.54) is 6.42 Å². The summed E-state index contributed by atoms with van der Waals surface area (Å²) in [5.74, 6) is 1.78. The Morgan fingerprint density at radius 1 is 1.23 bits per heavy atom. The SMILES string of the molecule is CC1CCC(CC(=O)O)C(C)C1C. The third-order valence-electron chi connectivity index (χ3n) is 3.90. The second-order valence-electron chi connectivity index (χ2n) is 4.63. The normalized spacial score (nSPS) is 40.2. The second kappa shape index (κ2) is 4.12. The number of rotatable bonds is 2. The second-order valence-corrected chi connectivity index (χ2v) is 4.63. The minimum absolute atomic E-state index is 0.359. The van der Waals surface area contributed by atoms with Crippen molar-refractivity contribution in [3.05, 3.63) is 0 Å². The lowest BCUT2D eigenvalue weighted by molar-refractivity contribution is -0.139. The van der Waals surface area contributed by atoms with E-state index in [1.807, 2.05) is 0 Å². The van der Waals surface area contributed by atoms with Crippen molar-refractivity contribution >= 4 is 5.97 Å². The molecule has 0 aromatic carbocycles. The summed E-state index contributed by atoms with van der Waals surface area (Å²) >= 11 is 0. The molecule has 0 aliphatic heterocycles. The highest BCUT2D eigenvalue weighted by molar-refractivity contribution is 5.67. The van der Waals surface area contributed by atoms with E-state index in [4.69, 9.17) is 5.11 Å². The molecule has 4 unspecified atom stereocenters. The average molecular weight is 184 g/mol. The van der Waals surface area contributed by atoms with Crippen LogP contribution in [0.4, 0.5) is 0 Å². The van der Waals surface area contributed by atoms with Crippen molar-refractivity contribution in [2.45, 2.75) is 40.0 Å². The summed E-state index contributed by atoms with van der Waals surface area (Å²) in [4.78, 5) is 10.6. The fraction of sp³-hybridized carbons (Fsp3) is 0.909. The Hall–Kier alpha value is -0.530. The van der Waals surface area contributed by atoms with Crippen molar-refractivity contribution < 1.29 is 9.90 Å². The molecule has 0 bridgehead atoms. The van der Waals surface area contributed by atoms with E-state index in [0.717, 1.165) is 12.3 Å². The number of carboxylic acids is 1. The van der Waals surface area contributed by atoms with Gasteiger partial charge >= 0.3 is 5.97 Å². The quantitative estimate of drug-likeness (QED) is 0.716. The van der Waals surface area contributed by atoms with Crippen LogP contribution in [-0.4, -0.2) is 11.1 Å². The van der Waals surface area contributed by atoms with Crippen LogP contribution in [0.2, 0.25) is 0 Å². The lowest BCUT2D eigenvalue weighted by Crippen LogP contribution is -2.31. The highest BCUT2D eigenvalue weighted by atomic mass is 16.4. The van der Waals surface area contributed by atoms with E-state index in [0.29, 0.717) is 24.2 Å². The Labute approximate surface area is 80.3 Å². The van der Waals surface area contributed by atoms with Crippen molar-refractivity contribution in [1.82, 2.24) is 0 Å². The molecule has 2 nitrogen and oxygen atoms in total. The predicted octanol–water partition coefficient (Wildman–Crippen LogP) is 2.78. The highest BCUT2D eigenvalue weighted by Gasteiger charge is 2.32. The fourth-order valence-corrected chi connectivity index (χ4v) is 2.46. The maximum absolute atomic E-state index is 10.6. The first-order valence-corrected chi connectivity index (χ1v) is 5.24. The molecule has 2 heteroatoms. The van der Waals surface area contributed by atoms with Crippen LogP contribution in [0.1, 0.15) is 40.0 Å². The van der Waals surface area contributed by atoms with Gasteiger partial charge in [-0.05, 0) is 30.1 Å². The van der Waals surface area contributed by atoms with E-state index in [1.54, 1.807) is 0 Å². The predicted molar refractivity (Wildman–Crippen MR) is 52.5 cm³/mol. The van der Waals surface area contributed by atoms with Crippen LogP contribution in [0.15, 0.2) is 0 Å². The van der Waals surface area contributed by atoms with Crippen molar-refractivity contribution in [1.29, 1.82) is 0 Å². The van der Waals surface area contributed by atoms with Crippen LogP contribution < -0.4 is 0 Å². The molecule has 0 aromatic rings. The van der Waals surface area contributed by atoms with Gasteiger partial charge in [0.15, 0.2) is 0 Å². The molecule has 0 spiro atoms. The molecule has 1 saturated carbocycles. The maximum atomic E-state index is 10.6. The first-order chi connectivity index (χ1) is 6.02. The lowest BCUT2D eigenvalue weighted by atomic mass is 9.68. The van der Waals surface area contributed by atoms with Gasteiger partial charge < -0.3 is 5.11 Å². The van der Waals surface area contributed by atoms with Gasteiger partial charge in [-0.25, -0.2) is 0 Å². The highest BCUT2D eigenvalue weighted by Crippen LogP contribution is 2.39. The summed E-state index contributed by atoms with van der Waals surface area (Å²) in [5, 5.41) is 8.74. The summed E-state index contributed by atoms with van der Waals surface area (Å²) in [7, 11) is 0. The molecule has 1 fully saturated rings. The minimum atomic E-state index is -0.640. The standard InChI is InChI=1S/C11H20O2/c1-7-4-5-10(6-11(12)13)9(3)8(7)2/h7-10H,4-6H2,1-3H3,(H,12,13). The van der Waals surface area contributed by atoms with Crippen LogP contribution in [-0.2, 0) is 4.79 Å². The van der Waals surface area contributed by atoms with Gasteiger partial charge in [-0.15, -0.1) is 0 Å². The number of carboxylic acid groups (broad SMARTS) is 1. The van der Waals surface area contributed by atoms with Gasteiger partial charge in [0.2, 0.25) is 0 Å². The number of hydrogen-bond acceptors (Lipinski definition) is 1. The van der Waals surface area contributed by atoms with Gasteiger partial charge in [0, 0.05) is 6.42 Å². The van der Waals surface area contributed by atoms with Crippen LogP contribution >= 0.6 is 0 Å². The average Bonchev–Trinajstić information content (AvgIpc) is 2.06. The molecule has 0 heterocycles. The molecule has 1 rings (SSSR count). The Morgan fingerprint density at radius 3 is 2.38 bits per heavy atom. The van der Waals surface area contributed by atoms with E-state index >= 15 is 0 Å². The topological polar surface area (TPSA) is 37.3 Å². The van der Waals surface area contributed by atoms with Crippen LogP contribution in [0, 0.1) is 23.7 Å². The Morgan fingerprint density at radius 2 is 1.85 bits per heavy atom. The molecule has 0 radical (unpaired) electrons. The molecule has 0 amide bonds. The molecule has 0 saturated heterocycles. The molecule has 76 valence electrons. The fourth-order valence-electron chi connectivity index (χ4n) is 2.46. The van der Waals surface area contributed by atoms with E-state index in [-0.39, 0.29) is 0 Å². The summed E-state index contributed by atoms with van der Waals surface area (Å²) < 4.78 is 0. The maximum Gasteiger partial charge on any atom is 0.303 e. The molecule has 1 aliphatic rings. The third-order valence-corrected chi connectivity index (χ3v) is 3.90. The molecule has 13 heavy (non-hydrogen) atoms. The van der Waals surface area contributed by atoms with E-state index in [2.05, 4.69) is 20.8 Å². The van der Waals surface area contributed by atoms with Crippen molar-refractivity contribution in [2.75, 3.05) is 0 Å². The first kappa shape index (κ1) is 10.6. The molecule has 0 aromatic heterocycles. The molecular weight excluding hydrogens is 164 g/mol. The van der Waals surface area contributed by atoms with Gasteiger partial charge in [0.1, 0.15) is 0 Å². The Kier molecular flexibility index (Phi) is 3.34. The van der Waals surface area contributed by atoms with Gasteiger partial charge in [-0.1, -0.05) is 27.2 Å². The van der Waals surface area contributed by atoms with E-state index in [9.17, 15) is 4.79 Å². The summed E-state index contributed by atoms with van der Waals surface area (Å²) in [6.07, 6.45) is 2.65.